The fourth-order valence-corrected chi connectivity index (χ4v) is 1.56. The van der Waals surface area contributed by atoms with Gasteiger partial charge in [0.1, 0.15) is 0 Å². The minimum absolute atomic E-state index is 0.150. The van der Waals surface area contributed by atoms with Crippen LogP contribution >= 0.6 is 0 Å². The summed E-state index contributed by atoms with van der Waals surface area (Å²) in [5.41, 5.74) is 1.19. The third-order valence-corrected chi connectivity index (χ3v) is 2.51. The highest BCUT2D eigenvalue weighted by molar-refractivity contribution is 5.44. The maximum Gasteiger partial charge on any atom is 0.161 e. The van der Waals surface area contributed by atoms with Crippen molar-refractivity contribution in [2.45, 2.75) is 39.7 Å². The molecule has 17 heavy (non-hydrogen) atoms. The first-order valence-corrected chi connectivity index (χ1v) is 6.14. The Labute approximate surface area is 104 Å². The molecular weight excluding hydrogens is 212 g/mol. The Hall–Kier alpha value is -1.44. The van der Waals surface area contributed by atoms with Gasteiger partial charge in [0.15, 0.2) is 11.5 Å². The molecule has 1 atom stereocenters. The van der Waals surface area contributed by atoms with Gasteiger partial charge in [0.05, 0.1) is 12.7 Å². The number of ether oxygens (including phenoxy) is 2. The molecule has 2 nitrogen and oxygen atoms in total. The summed E-state index contributed by atoms with van der Waals surface area (Å²) < 4.78 is 11.3. The van der Waals surface area contributed by atoms with Gasteiger partial charge in [-0.15, -0.1) is 6.58 Å². The maximum absolute atomic E-state index is 5.72. The molecule has 0 saturated carbocycles. The Kier molecular flexibility index (Phi) is 5.08. The minimum atomic E-state index is 0.150. The zero-order chi connectivity index (χ0) is 12.8. The predicted molar refractivity (Wildman–Crippen MR) is 72.0 cm³/mol. The lowest BCUT2D eigenvalue weighted by molar-refractivity contribution is 0.223. The summed E-state index contributed by atoms with van der Waals surface area (Å²) in [6.45, 7) is 12.6. The second-order valence-corrected chi connectivity index (χ2v) is 4.33. The molecule has 0 spiro atoms. The zero-order valence-electron chi connectivity index (χ0n) is 11.2. The van der Waals surface area contributed by atoms with Crippen LogP contribution in [0.15, 0.2) is 30.9 Å². The lowest BCUT2D eigenvalue weighted by atomic mass is 10.0. The first-order chi connectivity index (χ1) is 8.08. The topological polar surface area (TPSA) is 18.5 Å². The van der Waals surface area contributed by atoms with E-state index >= 15 is 0 Å². The van der Waals surface area contributed by atoms with Gasteiger partial charge in [-0.2, -0.15) is 0 Å². The van der Waals surface area contributed by atoms with Crippen molar-refractivity contribution in [1.82, 2.24) is 0 Å². The average Bonchev–Trinajstić information content (AvgIpc) is 2.30. The highest BCUT2D eigenvalue weighted by Gasteiger charge is 2.10. The lowest BCUT2D eigenvalue weighted by Gasteiger charge is -2.16. The van der Waals surface area contributed by atoms with E-state index in [-0.39, 0.29) is 6.10 Å². The highest BCUT2D eigenvalue weighted by atomic mass is 16.5. The van der Waals surface area contributed by atoms with Crippen LogP contribution in [0.1, 0.15) is 39.2 Å². The normalized spacial score (nSPS) is 12.3. The standard InChI is InChI=1S/C15H22O2/c1-6-12(5)13-8-9-14(17-11(3)4)15(10-13)16-7-2/h6,8-12H,1,7H2,2-5H3. The van der Waals surface area contributed by atoms with Crippen LogP contribution in [0.2, 0.25) is 0 Å². The summed E-state index contributed by atoms with van der Waals surface area (Å²) in [7, 11) is 0. The number of allylic oxidation sites excluding steroid dienone is 1. The Morgan fingerprint density at radius 2 is 1.94 bits per heavy atom. The number of rotatable bonds is 6. The second kappa shape index (κ2) is 6.33. The van der Waals surface area contributed by atoms with Crippen molar-refractivity contribution < 1.29 is 9.47 Å². The van der Waals surface area contributed by atoms with Crippen molar-refractivity contribution in [1.29, 1.82) is 0 Å². The maximum atomic E-state index is 5.72. The van der Waals surface area contributed by atoms with Crippen LogP contribution in [-0.2, 0) is 0 Å². The molecule has 0 heterocycles. The quantitative estimate of drug-likeness (QED) is 0.688. The van der Waals surface area contributed by atoms with E-state index in [1.165, 1.54) is 5.56 Å². The Balaban J connectivity index is 3.02. The molecule has 94 valence electrons. The molecule has 0 aliphatic carbocycles. The van der Waals surface area contributed by atoms with E-state index in [0.717, 1.165) is 11.5 Å². The summed E-state index contributed by atoms with van der Waals surface area (Å²) in [4.78, 5) is 0. The molecule has 0 aromatic heterocycles. The Bertz CT molecular complexity index is 369. The van der Waals surface area contributed by atoms with E-state index in [4.69, 9.17) is 9.47 Å². The zero-order valence-corrected chi connectivity index (χ0v) is 11.2. The highest BCUT2D eigenvalue weighted by Crippen LogP contribution is 2.32. The van der Waals surface area contributed by atoms with Crippen molar-refractivity contribution in [3.8, 4) is 11.5 Å². The first kappa shape index (κ1) is 13.6. The van der Waals surface area contributed by atoms with Gasteiger partial charge in [-0.3, -0.25) is 0 Å². The molecule has 0 radical (unpaired) electrons. The van der Waals surface area contributed by atoms with Gasteiger partial charge in [0.2, 0.25) is 0 Å². The van der Waals surface area contributed by atoms with Gasteiger partial charge in [-0.25, -0.2) is 0 Å². The van der Waals surface area contributed by atoms with Gasteiger partial charge in [-0.1, -0.05) is 19.1 Å². The third-order valence-electron chi connectivity index (χ3n) is 2.51. The van der Waals surface area contributed by atoms with Crippen molar-refractivity contribution in [3.63, 3.8) is 0 Å². The fourth-order valence-electron chi connectivity index (χ4n) is 1.56. The fraction of sp³-hybridized carbons (Fsp3) is 0.467. The molecule has 2 heteroatoms. The minimum Gasteiger partial charge on any atom is -0.490 e. The van der Waals surface area contributed by atoms with Gasteiger partial charge < -0.3 is 9.47 Å². The SMILES string of the molecule is C=CC(C)c1ccc(OC(C)C)c(OCC)c1. The molecular formula is C15H22O2. The van der Waals surface area contributed by atoms with Crippen LogP contribution in [0, 0.1) is 0 Å². The number of benzene rings is 1. The van der Waals surface area contributed by atoms with E-state index < -0.39 is 0 Å². The molecule has 0 fully saturated rings. The molecule has 0 aliphatic rings. The molecule has 0 saturated heterocycles. The van der Waals surface area contributed by atoms with Crippen LogP contribution in [0.25, 0.3) is 0 Å². The summed E-state index contributed by atoms with van der Waals surface area (Å²) in [6.07, 6.45) is 2.07. The van der Waals surface area contributed by atoms with E-state index in [0.29, 0.717) is 12.5 Å². The second-order valence-electron chi connectivity index (χ2n) is 4.33. The molecule has 0 N–H and O–H groups in total. The smallest absolute Gasteiger partial charge is 0.161 e. The van der Waals surface area contributed by atoms with Crippen LogP contribution in [0.4, 0.5) is 0 Å². The van der Waals surface area contributed by atoms with E-state index in [1.807, 2.05) is 39.0 Å². The summed E-state index contributed by atoms with van der Waals surface area (Å²) in [5, 5.41) is 0. The van der Waals surface area contributed by atoms with Gasteiger partial charge in [-0.05, 0) is 44.4 Å². The van der Waals surface area contributed by atoms with Crippen LogP contribution < -0.4 is 9.47 Å². The van der Waals surface area contributed by atoms with Gasteiger partial charge in [0, 0.05) is 0 Å². The van der Waals surface area contributed by atoms with Gasteiger partial charge in [0.25, 0.3) is 0 Å². The lowest BCUT2D eigenvalue weighted by Crippen LogP contribution is -2.07. The molecule has 0 bridgehead atoms. The third kappa shape index (κ3) is 3.81. The van der Waals surface area contributed by atoms with Crippen molar-refractivity contribution in [2.75, 3.05) is 6.61 Å². The molecule has 1 aromatic rings. The van der Waals surface area contributed by atoms with E-state index in [2.05, 4.69) is 19.6 Å². The summed E-state index contributed by atoms with van der Waals surface area (Å²) in [5.74, 6) is 1.94. The largest absolute Gasteiger partial charge is 0.490 e. The number of hydrogen-bond acceptors (Lipinski definition) is 2. The molecule has 1 unspecified atom stereocenters. The van der Waals surface area contributed by atoms with E-state index in [9.17, 15) is 0 Å². The van der Waals surface area contributed by atoms with Crippen LogP contribution in [0.3, 0.4) is 0 Å². The summed E-state index contributed by atoms with van der Waals surface area (Å²) >= 11 is 0. The monoisotopic (exact) mass is 234 g/mol. The number of hydrogen-bond donors (Lipinski definition) is 0. The van der Waals surface area contributed by atoms with Crippen LogP contribution in [-0.4, -0.2) is 12.7 Å². The Morgan fingerprint density at radius 1 is 1.24 bits per heavy atom. The molecule has 1 aromatic carbocycles. The van der Waals surface area contributed by atoms with Crippen molar-refractivity contribution >= 4 is 0 Å². The van der Waals surface area contributed by atoms with E-state index in [1.54, 1.807) is 0 Å². The Morgan fingerprint density at radius 3 is 2.47 bits per heavy atom. The van der Waals surface area contributed by atoms with Gasteiger partial charge >= 0.3 is 0 Å². The molecule has 1 rings (SSSR count). The van der Waals surface area contributed by atoms with Crippen molar-refractivity contribution in [3.05, 3.63) is 36.4 Å². The first-order valence-electron chi connectivity index (χ1n) is 6.14. The molecule has 0 amide bonds. The average molecular weight is 234 g/mol. The van der Waals surface area contributed by atoms with Crippen molar-refractivity contribution in [2.24, 2.45) is 0 Å². The summed E-state index contributed by atoms with van der Waals surface area (Å²) in [6, 6.07) is 6.07. The predicted octanol–water partition coefficient (Wildman–Crippen LogP) is 4.16. The molecule has 0 aliphatic heterocycles. The van der Waals surface area contributed by atoms with Crippen LogP contribution in [0.5, 0.6) is 11.5 Å².